The van der Waals surface area contributed by atoms with Crippen molar-refractivity contribution in [1.29, 1.82) is 5.26 Å². The Labute approximate surface area is 70.6 Å². The summed E-state index contributed by atoms with van der Waals surface area (Å²) in [5, 5.41) is 8.83. The summed E-state index contributed by atoms with van der Waals surface area (Å²) in [5.74, 6) is 1.72. The molecule has 0 aromatic carbocycles. The van der Waals surface area contributed by atoms with Crippen LogP contribution in [0.1, 0.15) is 13.8 Å². The van der Waals surface area contributed by atoms with Crippen molar-refractivity contribution in [3.8, 4) is 6.07 Å². The smallest absolute Gasteiger partial charge is 0.102 e. The number of nitrogens with zero attached hydrogens (tertiary/aromatic N) is 1. The van der Waals surface area contributed by atoms with Gasteiger partial charge in [-0.25, -0.2) is 0 Å². The quantitative estimate of drug-likeness (QED) is 0.608. The van der Waals surface area contributed by atoms with Gasteiger partial charge >= 0.3 is 0 Å². The average molecular weight is 173 g/mol. The van der Waals surface area contributed by atoms with Crippen LogP contribution in [0, 0.1) is 17.2 Å². The van der Waals surface area contributed by atoms with Crippen LogP contribution in [0.25, 0.3) is 0 Å². The number of rotatable bonds is 1. The zero-order valence-electron chi connectivity index (χ0n) is 6.20. The van der Waals surface area contributed by atoms with Crippen molar-refractivity contribution >= 4 is 23.5 Å². The lowest BCUT2D eigenvalue weighted by molar-refractivity contribution is 0.723. The molecule has 1 aliphatic rings. The van der Waals surface area contributed by atoms with Crippen LogP contribution in [0.4, 0.5) is 0 Å². The molecule has 10 heavy (non-hydrogen) atoms. The Balaban J connectivity index is 2.37. The molecule has 0 aromatic heterocycles. The van der Waals surface area contributed by atoms with E-state index in [1.54, 1.807) is 0 Å². The Morgan fingerprint density at radius 2 is 2.30 bits per heavy atom. The minimum absolute atomic E-state index is 0.248. The molecule has 0 aromatic rings. The van der Waals surface area contributed by atoms with E-state index in [2.05, 4.69) is 19.9 Å². The first-order valence-corrected chi connectivity index (χ1v) is 5.40. The number of hydrogen-bond donors (Lipinski definition) is 0. The Morgan fingerprint density at radius 1 is 1.60 bits per heavy atom. The lowest BCUT2D eigenvalue weighted by Crippen LogP contribution is -2.02. The highest BCUT2D eigenvalue weighted by Crippen LogP contribution is 2.41. The van der Waals surface area contributed by atoms with Gasteiger partial charge in [0.2, 0.25) is 0 Å². The molecule has 1 rings (SSSR count). The average Bonchev–Trinajstić information content (AvgIpc) is 2.34. The van der Waals surface area contributed by atoms with E-state index in [9.17, 15) is 0 Å². The monoisotopic (exact) mass is 173 g/mol. The van der Waals surface area contributed by atoms with Crippen LogP contribution in [0.2, 0.25) is 0 Å². The van der Waals surface area contributed by atoms with E-state index in [0.29, 0.717) is 10.5 Å². The minimum Gasteiger partial charge on any atom is -0.197 e. The number of hydrogen-bond acceptors (Lipinski definition) is 3. The molecular weight excluding hydrogens is 162 g/mol. The van der Waals surface area contributed by atoms with Gasteiger partial charge in [0.25, 0.3) is 0 Å². The molecule has 1 fully saturated rings. The predicted molar refractivity (Wildman–Crippen MR) is 48.1 cm³/mol. The van der Waals surface area contributed by atoms with Gasteiger partial charge in [0, 0.05) is 5.75 Å². The molecule has 1 nitrogen and oxygen atoms in total. The van der Waals surface area contributed by atoms with Gasteiger partial charge in [-0.1, -0.05) is 13.8 Å². The molecule has 3 heteroatoms. The van der Waals surface area contributed by atoms with Crippen LogP contribution in [-0.2, 0) is 0 Å². The molecule has 0 spiro atoms. The fourth-order valence-electron chi connectivity index (χ4n) is 0.840. The topological polar surface area (TPSA) is 23.8 Å². The standard InChI is InChI=1S/C7H11NS2/c1-5(2)7-9-4-6(3-8)10-7/h5-7H,4H2,1-2H3. The third kappa shape index (κ3) is 1.83. The first kappa shape index (κ1) is 8.29. The molecule has 0 N–H and O–H groups in total. The van der Waals surface area contributed by atoms with Gasteiger partial charge < -0.3 is 0 Å². The van der Waals surface area contributed by atoms with Gasteiger partial charge in [-0.05, 0) is 5.92 Å². The van der Waals surface area contributed by atoms with E-state index < -0.39 is 0 Å². The van der Waals surface area contributed by atoms with Crippen LogP contribution < -0.4 is 0 Å². The van der Waals surface area contributed by atoms with E-state index in [-0.39, 0.29) is 5.25 Å². The molecule has 2 atom stereocenters. The van der Waals surface area contributed by atoms with Crippen molar-refractivity contribution in [3.05, 3.63) is 0 Å². The summed E-state index contributed by atoms with van der Waals surface area (Å²) in [5.41, 5.74) is 0. The second-order valence-electron chi connectivity index (χ2n) is 2.70. The Kier molecular flexibility index (Phi) is 2.94. The Bertz CT molecular complexity index is 150. The molecule has 1 aliphatic heterocycles. The highest BCUT2D eigenvalue weighted by Gasteiger charge is 2.27. The normalized spacial score (nSPS) is 32.6. The minimum atomic E-state index is 0.248. The summed E-state index contributed by atoms with van der Waals surface area (Å²) < 4.78 is 0.657. The van der Waals surface area contributed by atoms with Crippen molar-refractivity contribution in [2.24, 2.45) is 5.92 Å². The van der Waals surface area contributed by atoms with Crippen molar-refractivity contribution in [3.63, 3.8) is 0 Å². The molecule has 1 saturated heterocycles. The molecule has 1 heterocycles. The van der Waals surface area contributed by atoms with Crippen LogP contribution in [0.5, 0.6) is 0 Å². The second kappa shape index (κ2) is 3.54. The zero-order valence-corrected chi connectivity index (χ0v) is 7.84. The summed E-state index contributed by atoms with van der Waals surface area (Å²) in [6.45, 7) is 4.43. The molecule has 0 amide bonds. The molecule has 2 unspecified atom stereocenters. The van der Waals surface area contributed by atoms with Gasteiger partial charge in [0.15, 0.2) is 0 Å². The highest BCUT2D eigenvalue weighted by molar-refractivity contribution is 8.20. The number of thioether (sulfide) groups is 2. The number of nitriles is 1. The molecule has 0 radical (unpaired) electrons. The van der Waals surface area contributed by atoms with E-state index >= 15 is 0 Å². The first-order chi connectivity index (χ1) is 4.74. The largest absolute Gasteiger partial charge is 0.197 e. The Hall–Kier alpha value is 0.190. The summed E-state index contributed by atoms with van der Waals surface area (Å²) in [4.78, 5) is 0. The molecule has 0 saturated carbocycles. The van der Waals surface area contributed by atoms with E-state index in [1.807, 2.05) is 23.5 Å². The van der Waals surface area contributed by atoms with Crippen molar-refractivity contribution in [2.45, 2.75) is 23.7 Å². The fraction of sp³-hybridized carbons (Fsp3) is 0.857. The SMILES string of the molecule is CC(C)C1SCC(C#N)S1. The summed E-state index contributed by atoms with van der Waals surface area (Å²) in [6, 6.07) is 2.29. The van der Waals surface area contributed by atoms with Crippen molar-refractivity contribution in [2.75, 3.05) is 5.75 Å². The van der Waals surface area contributed by atoms with E-state index in [0.717, 1.165) is 5.75 Å². The highest BCUT2D eigenvalue weighted by atomic mass is 32.2. The van der Waals surface area contributed by atoms with Gasteiger partial charge in [-0.2, -0.15) is 5.26 Å². The van der Waals surface area contributed by atoms with Gasteiger partial charge in [-0.3, -0.25) is 0 Å². The zero-order chi connectivity index (χ0) is 7.56. The lowest BCUT2D eigenvalue weighted by Gasteiger charge is -2.10. The van der Waals surface area contributed by atoms with Crippen LogP contribution in [0.3, 0.4) is 0 Å². The van der Waals surface area contributed by atoms with Gasteiger partial charge in [0.05, 0.1) is 10.7 Å². The van der Waals surface area contributed by atoms with Crippen LogP contribution >= 0.6 is 23.5 Å². The Morgan fingerprint density at radius 3 is 2.60 bits per heavy atom. The van der Waals surface area contributed by atoms with Gasteiger partial charge in [-0.15, -0.1) is 23.5 Å². The van der Waals surface area contributed by atoms with Crippen LogP contribution in [-0.4, -0.2) is 15.6 Å². The maximum absolute atomic E-state index is 8.58. The molecule has 0 bridgehead atoms. The molecular formula is C7H11NS2. The summed E-state index contributed by atoms with van der Waals surface area (Å²) >= 11 is 3.74. The van der Waals surface area contributed by atoms with E-state index in [4.69, 9.17) is 5.26 Å². The molecule has 0 aliphatic carbocycles. The molecule has 56 valence electrons. The summed E-state index contributed by atoms with van der Waals surface area (Å²) in [7, 11) is 0. The maximum atomic E-state index is 8.58. The second-order valence-corrected chi connectivity index (χ2v) is 5.52. The van der Waals surface area contributed by atoms with Crippen molar-refractivity contribution < 1.29 is 0 Å². The maximum Gasteiger partial charge on any atom is 0.102 e. The summed E-state index contributed by atoms with van der Waals surface area (Å²) in [6.07, 6.45) is 0. The first-order valence-electron chi connectivity index (χ1n) is 3.40. The third-order valence-corrected chi connectivity index (χ3v) is 5.16. The van der Waals surface area contributed by atoms with Crippen molar-refractivity contribution in [1.82, 2.24) is 0 Å². The predicted octanol–water partition coefficient (Wildman–Crippen LogP) is 2.34. The van der Waals surface area contributed by atoms with Crippen LogP contribution in [0.15, 0.2) is 0 Å². The van der Waals surface area contributed by atoms with E-state index in [1.165, 1.54) is 0 Å². The van der Waals surface area contributed by atoms with Gasteiger partial charge in [0.1, 0.15) is 5.25 Å². The lowest BCUT2D eigenvalue weighted by atomic mass is 10.3. The third-order valence-electron chi connectivity index (χ3n) is 1.40. The fourth-order valence-corrected chi connectivity index (χ4v) is 3.87.